The molecule has 0 saturated heterocycles. The summed E-state index contributed by atoms with van der Waals surface area (Å²) >= 11 is 0. The molecule has 122 valence electrons. The van der Waals surface area contributed by atoms with Gasteiger partial charge in [0.15, 0.2) is 0 Å². The third kappa shape index (κ3) is 4.85. The molecule has 0 amide bonds. The first kappa shape index (κ1) is 22.6. The number of aryl methyl sites for hydroxylation is 1. The normalized spacial score (nSPS) is 14.5. The number of nitrogens with two attached hydrogens (primary N) is 1. The summed E-state index contributed by atoms with van der Waals surface area (Å²) in [4.78, 5) is 11.6. The molecule has 4 N–H and O–H groups in total. The van der Waals surface area contributed by atoms with E-state index in [0.717, 1.165) is 0 Å². The Balaban J connectivity index is 0.00000156. The Morgan fingerprint density at radius 3 is 2.76 bits per heavy atom. The first-order valence-electron chi connectivity index (χ1n) is 7.19. The maximum atomic E-state index is 11.6. The van der Waals surface area contributed by atoms with Gasteiger partial charge in [-0.3, -0.25) is 0 Å². The maximum Gasteiger partial charge on any atom is 1.00 e. The molecule has 0 spiro atoms. The summed E-state index contributed by atoms with van der Waals surface area (Å²) in [5.41, 5.74) is 6.51. The molecule has 9 nitrogen and oxygen atoms in total. The van der Waals surface area contributed by atoms with Gasteiger partial charge >= 0.3 is 65.9 Å². The predicted octanol–water partition coefficient (Wildman–Crippen LogP) is -8.00. The topological polar surface area (TPSA) is 147 Å². The van der Waals surface area contributed by atoms with Crippen molar-refractivity contribution < 1.29 is 83.7 Å². The van der Waals surface area contributed by atoms with Crippen LogP contribution in [0.1, 0.15) is 21.6 Å². The smallest absolute Gasteiger partial charge is 0.669 e. The van der Waals surface area contributed by atoms with Gasteiger partial charge in [-0.25, -0.2) is 4.68 Å². The summed E-state index contributed by atoms with van der Waals surface area (Å²) < 4.78 is 6.38. The molecule has 1 aliphatic heterocycles. The molecule has 0 fully saturated rings. The van der Waals surface area contributed by atoms with Crippen molar-refractivity contribution >= 4 is 12.7 Å². The second-order valence-corrected chi connectivity index (χ2v) is 5.44. The van der Waals surface area contributed by atoms with E-state index in [1.807, 2.05) is 0 Å². The largest absolute Gasteiger partial charge is 1.00 e. The summed E-state index contributed by atoms with van der Waals surface area (Å²) in [6.45, 7) is -2.70. The summed E-state index contributed by atoms with van der Waals surface area (Å²) in [5.74, 6) is -1.60. The number of rotatable bonds is 4. The quantitative estimate of drug-likeness (QED) is 0.454. The fourth-order valence-corrected chi connectivity index (χ4v) is 2.60. The molecule has 3 rings (SSSR count). The van der Waals surface area contributed by atoms with Crippen LogP contribution >= 0.6 is 0 Å². The van der Waals surface area contributed by atoms with E-state index in [2.05, 4.69) is 10.3 Å². The van der Waals surface area contributed by atoms with Crippen molar-refractivity contribution in [2.24, 2.45) is 5.73 Å². The van der Waals surface area contributed by atoms with Gasteiger partial charge in [0.1, 0.15) is 0 Å². The van der Waals surface area contributed by atoms with Crippen LogP contribution < -0.4 is 74.6 Å². The summed E-state index contributed by atoms with van der Waals surface area (Å²) in [7, 11) is 0. The van der Waals surface area contributed by atoms with Crippen molar-refractivity contribution in [3.63, 3.8) is 0 Å². The Morgan fingerprint density at radius 2 is 2.12 bits per heavy atom. The van der Waals surface area contributed by atoms with Crippen LogP contribution in [-0.2, 0) is 12.8 Å². The van der Waals surface area contributed by atoms with Crippen LogP contribution in [0.3, 0.4) is 0 Å². The zero-order chi connectivity index (χ0) is 16.6. The fraction of sp³-hybridized carbons (Fsp3) is 0.308. The number of carboxylic acid groups (broad SMARTS) is 1. The van der Waals surface area contributed by atoms with Crippen LogP contribution in [0.4, 0.5) is 0 Å². The number of carbonyl (C=O) groups is 1. The van der Waals surface area contributed by atoms with E-state index in [0.29, 0.717) is 30.6 Å². The minimum atomic E-state index is -3.08. The number of carbonyl (C=O) groups excluding carboxylic acids is 1. The average Bonchev–Trinajstić information content (AvgIpc) is 2.93. The van der Waals surface area contributed by atoms with Crippen molar-refractivity contribution in [3.8, 4) is 11.4 Å². The Hall–Kier alpha value is -0.425. The van der Waals surface area contributed by atoms with Crippen molar-refractivity contribution in [3.05, 3.63) is 35.2 Å². The number of nitrogens with zero attached hydrogens (tertiary/aromatic N) is 3. The standard InChI is InChI=1S/C13H16BN4O5.2Na/c15-6-4-9-7-18(17-16-9)10-2-1-8-3-5-14(21,22)23-12(8)11(10)13(19)20;;/h1-2,7,21-22H,3-6,15H2,(H,19,20);;/q-1;2*+1/p-1. The molecule has 1 aliphatic rings. The Labute approximate surface area is 188 Å². The summed E-state index contributed by atoms with van der Waals surface area (Å²) in [5, 5.41) is 38.8. The fourth-order valence-electron chi connectivity index (χ4n) is 2.60. The minimum Gasteiger partial charge on any atom is -0.669 e. The van der Waals surface area contributed by atoms with E-state index < -0.39 is 12.7 Å². The van der Waals surface area contributed by atoms with E-state index >= 15 is 0 Å². The first-order valence-corrected chi connectivity index (χ1v) is 7.19. The molecule has 0 radical (unpaired) electrons. The summed E-state index contributed by atoms with van der Waals surface area (Å²) in [6.07, 6.45) is 2.35. The molecule has 1 aromatic heterocycles. The predicted molar refractivity (Wildman–Crippen MR) is 77.8 cm³/mol. The number of carboxylic acids is 1. The van der Waals surface area contributed by atoms with Crippen LogP contribution in [0.5, 0.6) is 5.75 Å². The van der Waals surface area contributed by atoms with Crippen LogP contribution in [0, 0.1) is 0 Å². The van der Waals surface area contributed by atoms with Gasteiger partial charge in [0, 0.05) is 6.42 Å². The number of aromatic nitrogens is 3. The van der Waals surface area contributed by atoms with E-state index in [-0.39, 0.29) is 82.4 Å². The average molecular weight is 364 g/mol. The van der Waals surface area contributed by atoms with E-state index in [1.165, 1.54) is 4.68 Å². The first-order chi connectivity index (χ1) is 10.9. The molecule has 0 aliphatic carbocycles. The van der Waals surface area contributed by atoms with Gasteiger partial charge in [0.05, 0.1) is 34.9 Å². The van der Waals surface area contributed by atoms with Gasteiger partial charge in [-0.05, 0) is 24.6 Å². The van der Waals surface area contributed by atoms with Gasteiger partial charge in [-0.1, -0.05) is 17.6 Å². The Kier molecular flexibility index (Phi) is 8.12. The maximum absolute atomic E-state index is 11.6. The van der Waals surface area contributed by atoms with Gasteiger partial charge in [-0.2, -0.15) is 0 Å². The molecule has 12 heteroatoms. The molecule has 2 aromatic rings. The van der Waals surface area contributed by atoms with Crippen LogP contribution in [0.2, 0.25) is 6.32 Å². The van der Waals surface area contributed by atoms with Crippen LogP contribution in [0.25, 0.3) is 5.69 Å². The molecule has 2 heterocycles. The number of fused-ring (bicyclic) bond motifs is 1. The minimum absolute atomic E-state index is 0. The molecular weight excluding hydrogens is 349 g/mol. The number of hydrogen-bond acceptors (Lipinski definition) is 8. The molecule has 25 heavy (non-hydrogen) atoms. The van der Waals surface area contributed by atoms with Crippen molar-refractivity contribution in [2.45, 2.75) is 19.2 Å². The molecule has 0 saturated carbocycles. The third-order valence-corrected chi connectivity index (χ3v) is 3.71. The zero-order valence-electron chi connectivity index (χ0n) is 14.2. The second kappa shape index (κ2) is 8.98. The number of benzene rings is 1. The van der Waals surface area contributed by atoms with Crippen molar-refractivity contribution in [2.75, 3.05) is 6.54 Å². The number of hydrogen-bond donors (Lipinski definition) is 3. The van der Waals surface area contributed by atoms with E-state index in [1.54, 1.807) is 18.3 Å². The zero-order valence-corrected chi connectivity index (χ0v) is 18.2. The van der Waals surface area contributed by atoms with Crippen molar-refractivity contribution in [1.29, 1.82) is 0 Å². The number of aromatic carboxylic acids is 1. The molecule has 1 aromatic carbocycles. The molecule has 0 bridgehead atoms. The third-order valence-electron chi connectivity index (χ3n) is 3.71. The van der Waals surface area contributed by atoms with Gasteiger partial charge in [0.2, 0.25) is 0 Å². The van der Waals surface area contributed by atoms with Gasteiger partial charge in [0.25, 0.3) is 0 Å². The molecular formula is C13H15BN4Na2O5. The van der Waals surface area contributed by atoms with Gasteiger partial charge in [-0.15, -0.1) is 5.10 Å². The second-order valence-electron chi connectivity index (χ2n) is 5.44. The Bertz CT molecular complexity index is 771. The van der Waals surface area contributed by atoms with E-state index in [9.17, 15) is 19.9 Å². The molecule has 0 atom stereocenters. The summed E-state index contributed by atoms with van der Waals surface area (Å²) in [6, 6.07) is 3.22. The monoisotopic (exact) mass is 364 g/mol. The van der Waals surface area contributed by atoms with Gasteiger partial charge < -0.3 is 30.3 Å². The van der Waals surface area contributed by atoms with Crippen molar-refractivity contribution in [1.82, 2.24) is 15.0 Å². The van der Waals surface area contributed by atoms with Crippen LogP contribution in [0.15, 0.2) is 18.3 Å². The molecule has 0 unspecified atom stereocenters. The SMILES string of the molecule is NCCc1cn(-c2ccc3c(c2C(=O)[O-])O[B-](O)(O)CC3)nn1.[Na+].[Na+]. The Morgan fingerprint density at radius 1 is 1.40 bits per heavy atom. The van der Waals surface area contributed by atoms with Crippen LogP contribution in [-0.4, -0.2) is 44.3 Å². The van der Waals surface area contributed by atoms with E-state index in [4.69, 9.17) is 10.4 Å².